The number of piperidine rings is 1. The number of carbonyl (C=O) groups excluding carboxylic acids is 1. The van der Waals surface area contributed by atoms with Gasteiger partial charge in [0.15, 0.2) is 0 Å². The van der Waals surface area contributed by atoms with Crippen LogP contribution in [0, 0.1) is 5.92 Å². The molecule has 0 spiro atoms. The van der Waals surface area contributed by atoms with E-state index in [9.17, 15) is 4.79 Å². The third kappa shape index (κ3) is 3.84. The third-order valence-electron chi connectivity index (χ3n) is 4.97. The first kappa shape index (κ1) is 17.3. The Morgan fingerprint density at radius 1 is 1.04 bits per heavy atom. The van der Waals surface area contributed by atoms with Crippen LogP contribution in [0.2, 0.25) is 0 Å². The molecule has 0 N–H and O–H groups in total. The summed E-state index contributed by atoms with van der Waals surface area (Å²) >= 11 is 0. The van der Waals surface area contributed by atoms with Gasteiger partial charge in [0.05, 0.1) is 35.7 Å². The van der Waals surface area contributed by atoms with Crippen molar-refractivity contribution in [3.8, 4) is 11.4 Å². The van der Waals surface area contributed by atoms with Crippen molar-refractivity contribution in [1.29, 1.82) is 0 Å². The van der Waals surface area contributed by atoms with E-state index in [1.54, 1.807) is 31.1 Å². The molecule has 0 bridgehead atoms. The van der Waals surface area contributed by atoms with E-state index in [0.29, 0.717) is 11.5 Å². The standard InChI is InChI=1S/C19H21N7O/c1-25-13-23-11-18(25)17-10-20-9-16(24-17)6-14-2-4-26(5-3-14)19(27)15-7-21-12-22-8-15/h7-14H,2-6H2,1H3. The van der Waals surface area contributed by atoms with Gasteiger partial charge in [0.1, 0.15) is 12.0 Å². The van der Waals surface area contributed by atoms with Crippen molar-refractivity contribution in [2.45, 2.75) is 19.3 Å². The molecule has 0 saturated carbocycles. The average molecular weight is 363 g/mol. The van der Waals surface area contributed by atoms with Crippen LogP contribution in [0.4, 0.5) is 0 Å². The number of aryl methyl sites for hydroxylation is 1. The Morgan fingerprint density at radius 2 is 1.81 bits per heavy atom. The summed E-state index contributed by atoms with van der Waals surface area (Å²) in [6, 6.07) is 0. The van der Waals surface area contributed by atoms with Crippen LogP contribution in [-0.4, -0.2) is 53.4 Å². The molecule has 4 heterocycles. The van der Waals surface area contributed by atoms with Gasteiger partial charge in [0.2, 0.25) is 0 Å². The van der Waals surface area contributed by atoms with Crippen molar-refractivity contribution in [3.05, 3.63) is 54.9 Å². The molecular weight excluding hydrogens is 342 g/mol. The minimum atomic E-state index is 0.00652. The molecule has 3 aromatic heterocycles. The molecule has 3 aromatic rings. The molecule has 1 amide bonds. The van der Waals surface area contributed by atoms with Gasteiger partial charge in [-0.1, -0.05) is 0 Å². The zero-order valence-corrected chi connectivity index (χ0v) is 15.2. The van der Waals surface area contributed by atoms with Crippen molar-refractivity contribution in [2.24, 2.45) is 13.0 Å². The van der Waals surface area contributed by atoms with Gasteiger partial charge < -0.3 is 9.47 Å². The summed E-state index contributed by atoms with van der Waals surface area (Å²) in [5, 5.41) is 0. The highest BCUT2D eigenvalue weighted by Gasteiger charge is 2.24. The zero-order chi connectivity index (χ0) is 18.6. The van der Waals surface area contributed by atoms with Crippen molar-refractivity contribution < 1.29 is 4.79 Å². The second kappa shape index (κ2) is 7.61. The molecule has 27 heavy (non-hydrogen) atoms. The topological polar surface area (TPSA) is 89.7 Å². The fraction of sp³-hybridized carbons (Fsp3) is 0.368. The lowest BCUT2D eigenvalue weighted by Gasteiger charge is -2.31. The Hall–Kier alpha value is -3.16. The molecule has 1 aliphatic heterocycles. The Labute approximate surface area is 157 Å². The predicted molar refractivity (Wildman–Crippen MR) is 98.6 cm³/mol. The maximum Gasteiger partial charge on any atom is 0.256 e. The Kier molecular flexibility index (Phi) is 4.86. The fourth-order valence-electron chi connectivity index (χ4n) is 3.46. The summed E-state index contributed by atoms with van der Waals surface area (Å²) in [4.78, 5) is 35.5. The van der Waals surface area contributed by atoms with E-state index in [-0.39, 0.29) is 5.91 Å². The SMILES string of the molecule is Cn1cncc1-c1cncc(CC2CCN(C(=O)c3cncnc3)CC2)n1. The summed E-state index contributed by atoms with van der Waals surface area (Å²) in [7, 11) is 1.95. The molecule has 4 rings (SSSR count). The van der Waals surface area contributed by atoms with Crippen molar-refractivity contribution in [3.63, 3.8) is 0 Å². The highest BCUT2D eigenvalue weighted by atomic mass is 16.2. The molecule has 0 radical (unpaired) electrons. The largest absolute Gasteiger partial charge is 0.339 e. The van der Waals surface area contributed by atoms with Crippen molar-refractivity contribution in [2.75, 3.05) is 13.1 Å². The maximum atomic E-state index is 12.5. The first-order chi connectivity index (χ1) is 13.2. The van der Waals surface area contributed by atoms with Gasteiger partial charge in [0.25, 0.3) is 5.91 Å². The van der Waals surface area contributed by atoms with Crippen LogP contribution >= 0.6 is 0 Å². The number of imidazole rings is 1. The van der Waals surface area contributed by atoms with Gasteiger partial charge in [-0.3, -0.25) is 9.78 Å². The van der Waals surface area contributed by atoms with E-state index in [4.69, 9.17) is 4.98 Å². The van der Waals surface area contributed by atoms with Gasteiger partial charge in [-0.15, -0.1) is 0 Å². The molecule has 1 fully saturated rings. The van der Waals surface area contributed by atoms with E-state index in [0.717, 1.165) is 49.4 Å². The van der Waals surface area contributed by atoms with Crippen LogP contribution in [0.15, 0.2) is 43.6 Å². The number of aromatic nitrogens is 6. The van der Waals surface area contributed by atoms with Gasteiger partial charge in [-0.2, -0.15) is 0 Å². The third-order valence-corrected chi connectivity index (χ3v) is 4.97. The quantitative estimate of drug-likeness (QED) is 0.702. The van der Waals surface area contributed by atoms with Crippen LogP contribution in [0.1, 0.15) is 28.9 Å². The number of carbonyl (C=O) groups is 1. The summed E-state index contributed by atoms with van der Waals surface area (Å²) in [6.07, 6.45) is 14.5. The van der Waals surface area contributed by atoms with Gasteiger partial charge in [-0.25, -0.2) is 19.9 Å². The minimum Gasteiger partial charge on any atom is -0.339 e. The van der Waals surface area contributed by atoms with E-state index in [1.165, 1.54) is 6.33 Å². The monoisotopic (exact) mass is 363 g/mol. The molecule has 0 atom stereocenters. The van der Waals surface area contributed by atoms with Crippen LogP contribution in [-0.2, 0) is 13.5 Å². The van der Waals surface area contributed by atoms with Crippen LogP contribution < -0.4 is 0 Å². The zero-order valence-electron chi connectivity index (χ0n) is 15.2. The summed E-state index contributed by atoms with van der Waals surface area (Å²) in [6.45, 7) is 1.49. The molecule has 0 aromatic carbocycles. The molecule has 8 heteroatoms. The molecule has 0 unspecified atom stereocenters. The fourth-order valence-corrected chi connectivity index (χ4v) is 3.46. The average Bonchev–Trinajstić information content (AvgIpc) is 3.15. The lowest BCUT2D eigenvalue weighted by atomic mass is 9.92. The highest BCUT2D eigenvalue weighted by molar-refractivity contribution is 5.93. The smallest absolute Gasteiger partial charge is 0.256 e. The van der Waals surface area contributed by atoms with Gasteiger partial charge in [0, 0.05) is 38.7 Å². The van der Waals surface area contributed by atoms with E-state index < -0.39 is 0 Å². The van der Waals surface area contributed by atoms with Crippen molar-refractivity contribution >= 4 is 5.91 Å². The lowest BCUT2D eigenvalue weighted by Crippen LogP contribution is -2.39. The Balaban J connectivity index is 1.37. The number of nitrogens with zero attached hydrogens (tertiary/aromatic N) is 7. The first-order valence-electron chi connectivity index (χ1n) is 9.02. The van der Waals surface area contributed by atoms with Gasteiger partial charge in [-0.05, 0) is 25.2 Å². The number of hydrogen-bond acceptors (Lipinski definition) is 6. The van der Waals surface area contributed by atoms with Crippen LogP contribution in [0.25, 0.3) is 11.4 Å². The van der Waals surface area contributed by atoms with Gasteiger partial charge >= 0.3 is 0 Å². The highest BCUT2D eigenvalue weighted by Crippen LogP contribution is 2.23. The van der Waals surface area contributed by atoms with Crippen LogP contribution in [0.5, 0.6) is 0 Å². The van der Waals surface area contributed by atoms with Crippen LogP contribution in [0.3, 0.4) is 0 Å². The summed E-state index contributed by atoms with van der Waals surface area (Å²) < 4.78 is 1.94. The van der Waals surface area contributed by atoms with E-state index in [2.05, 4.69) is 19.9 Å². The molecular formula is C19H21N7O. The molecule has 0 aliphatic carbocycles. The van der Waals surface area contributed by atoms with E-state index >= 15 is 0 Å². The predicted octanol–water partition coefficient (Wildman–Crippen LogP) is 1.76. The lowest BCUT2D eigenvalue weighted by molar-refractivity contribution is 0.0689. The number of rotatable bonds is 4. The normalized spacial score (nSPS) is 15.1. The molecule has 1 aliphatic rings. The summed E-state index contributed by atoms with van der Waals surface area (Å²) in [5.74, 6) is 0.504. The number of amides is 1. The summed E-state index contributed by atoms with van der Waals surface area (Å²) in [5.41, 5.74) is 3.32. The molecule has 1 saturated heterocycles. The van der Waals surface area contributed by atoms with E-state index in [1.807, 2.05) is 22.7 Å². The Bertz CT molecular complexity index is 917. The molecule has 138 valence electrons. The maximum absolute atomic E-state index is 12.5. The minimum absolute atomic E-state index is 0.00652. The number of hydrogen-bond donors (Lipinski definition) is 0. The second-order valence-corrected chi connectivity index (χ2v) is 6.85. The van der Waals surface area contributed by atoms with Crippen molar-refractivity contribution in [1.82, 2.24) is 34.4 Å². The first-order valence-corrected chi connectivity index (χ1v) is 9.02. The number of likely N-dealkylation sites (tertiary alicyclic amines) is 1. The second-order valence-electron chi connectivity index (χ2n) is 6.85. The Morgan fingerprint density at radius 3 is 2.52 bits per heavy atom. The molecule has 8 nitrogen and oxygen atoms in total.